The minimum absolute atomic E-state index is 0.950. The topological polar surface area (TPSA) is 30.7 Å². The van der Waals surface area contributed by atoms with Crippen LogP contribution in [0.1, 0.15) is 55.6 Å². The summed E-state index contributed by atoms with van der Waals surface area (Å²) in [5, 5.41) is 9.35. The van der Waals surface area contributed by atoms with Gasteiger partial charge in [0, 0.05) is 18.2 Å². The van der Waals surface area contributed by atoms with Crippen molar-refractivity contribution in [3.63, 3.8) is 0 Å². The first-order valence-electron chi connectivity index (χ1n) is 10.0. The summed E-state index contributed by atoms with van der Waals surface area (Å²) in [5.41, 5.74) is 15.8. The Morgan fingerprint density at radius 1 is 0.393 bits per heavy atom. The summed E-state index contributed by atoms with van der Waals surface area (Å²) in [6, 6.07) is 0. The Kier molecular flexibility index (Phi) is 4.99. The second kappa shape index (κ2) is 6.88. The maximum Gasteiger partial charge on any atom is 0.164 e. The van der Waals surface area contributed by atoms with Crippen molar-refractivity contribution in [2.45, 2.75) is 69.2 Å². The van der Waals surface area contributed by atoms with Gasteiger partial charge in [-0.2, -0.15) is 0 Å². The summed E-state index contributed by atoms with van der Waals surface area (Å²) in [4.78, 5) is 0. The molecule has 3 rings (SSSR count). The van der Waals surface area contributed by atoms with Gasteiger partial charge in [-0.05, 0) is 125 Å². The normalized spacial score (nSPS) is 11.4. The van der Waals surface area contributed by atoms with E-state index < -0.39 is 0 Å². The van der Waals surface area contributed by atoms with E-state index in [0.29, 0.717) is 0 Å². The maximum atomic E-state index is 4.67. The van der Waals surface area contributed by atoms with Crippen molar-refractivity contribution in [1.29, 1.82) is 0 Å². The van der Waals surface area contributed by atoms with Crippen molar-refractivity contribution in [2.75, 3.05) is 0 Å². The Hall–Kier alpha value is -2.42. The van der Waals surface area contributed by atoms with Crippen LogP contribution in [0.3, 0.4) is 0 Å². The molecule has 0 fully saturated rings. The summed E-state index contributed by atoms with van der Waals surface area (Å²) in [5.74, 6) is 1.90. The second-order valence-corrected chi connectivity index (χ2v) is 8.41. The van der Waals surface area contributed by atoms with Crippen molar-refractivity contribution in [1.82, 2.24) is 14.8 Å². The van der Waals surface area contributed by atoms with Crippen molar-refractivity contribution < 1.29 is 0 Å². The Labute approximate surface area is 169 Å². The van der Waals surface area contributed by atoms with Crippen molar-refractivity contribution >= 4 is 0 Å². The summed E-state index contributed by atoms with van der Waals surface area (Å²) < 4.78 is 2.17. The molecular weight excluding hydrogens is 342 g/mol. The first kappa shape index (κ1) is 20.3. The van der Waals surface area contributed by atoms with E-state index in [9.17, 15) is 0 Å². The Morgan fingerprint density at radius 2 is 0.607 bits per heavy atom. The van der Waals surface area contributed by atoms with E-state index in [1.165, 1.54) is 66.8 Å². The fraction of sp³-hybridized carbons (Fsp3) is 0.440. The van der Waals surface area contributed by atoms with Gasteiger partial charge in [-0.15, -0.1) is 10.2 Å². The fourth-order valence-corrected chi connectivity index (χ4v) is 4.44. The molecule has 0 N–H and O–H groups in total. The van der Waals surface area contributed by atoms with Gasteiger partial charge in [0.05, 0.1) is 0 Å². The van der Waals surface area contributed by atoms with Crippen LogP contribution in [0.15, 0.2) is 0 Å². The number of rotatable bonds is 2. The van der Waals surface area contributed by atoms with Gasteiger partial charge >= 0.3 is 0 Å². The van der Waals surface area contributed by atoms with Crippen LogP contribution in [0.4, 0.5) is 0 Å². The molecule has 0 aliphatic carbocycles. The van der Waals surface area contributed by atoms with E-state index in [-0.39, 0.29) is 0 Å². The molecule has 0 bridgehead atoms. The first-order chi connectivity index (χ1) is 13.0. The zero-order valence-electron chi connectivity index (χ0n) is 19.3. The molecular formula is C25H33N3. The lowest BCUT2D eigenvalue weighted by Gasteiger charge is -2.20. The minimum atomic E-state index is 0.950. The van der Waals surface area contributed by atoms with E-state index in [1.54, 1.807) is 0 Å². The highest BCUT2D eigenvalue weighted by Crippen LogP contribution is 2.37. The highest BCUT2D eigenvalue weighted by atomic mass is 15.3. The third kappa shape index (κ3) is 2.71. The molecule has 3 heteroatoms. The molecule has 148 valence electrons. The summed E-state index contributed by atoms with van der Waals surface area (Å²) in [7, 11) is 2.09. The standard InChI is InChI=1S/C25H33N3/c1-12-14(3)18(7)22(19(8)15(12)4)24-26-27-25(28(24)11)23-20(9)16(5)13(2)17(6)21(23)10/h1-11H3. The summed E-state index contributed by atoms with van der Waals surface area (Å²) in [6.07, 6.45) is 0. The van der Waals surface area contributed by atoms with Gasteiger partial charge in [-0.1, -0.05) is 0 Å². The predicted octanol–water partition coefficient (Wildman–Crippen LogP) is 6.23. The van der Waals surface area contributed by atoms with Crippen LogP contribution in [-0.2, 0) is 7.05 Å². The maximum absolute atomic E-state index is 4.67. The van der Waals surface area contributed by atoms with E-state index in [1.807, 2.05) is 0 Å². The van der Waals surface area contributed by atoms with Crippen LogP contribution in [0.5, 0.6) is 0 Å². The van der Waals surface area contributed by atoms with Crippen LogP contribution in [-0.4, -0.2) is 14.8 Å². The molecule has 1 aromatic heterocycles. The van der Waals surface area contributed by atoms with Gasteiger partial charge in [-0.25, -0.2) is 0 Å². The van der Waals surface area contributed by atoms with Crippen LogP contribution < -0.4 is 0 Å². The Balaban J connectivity index is 2.33. The van der Waals surface area contributed by atoms with E-state index >= 15 is 0 Å². The number of hydrogen-bond donors (Lipinski definition) is 0. The molecule has 0 saturated carbocycles. The Morgan fingerprint density at radius 3 is 0.857 bits per heavy atom. The van der Waals surface area contributed by atoms with Gasteiger partial charge in [0.25, 0.3) is 0 Å². The third-order valence-corrected chi connectivity index (χ3v) is 7.32. The van der Waals surface area contributed by atoms with Crippen molar-refractivity contribution in [2.24, 2.45) is 7.05 Å². The monoisotopic (exact) mass is 375 g/mol. The molecule has 3 aromatic rings. The van der Waals surface area contributed by atoms with Crippen LogP contribution in [0.2, 0.25) is 0 Å². The van der Waals surface area contributed by atoms with Crippen LogP contribution in [0.25, 0.3) is 22.8 Å². The minimum Gasteiger partial charge on any atom is -0.310 e. The van der Waals surface area contributed by atoms with Gasteiger partial charge in [0.2, 0.25) is 0 Å². The predicted molar refractivity (Wildman–Crippen MR) is 119 cm³/mol. The van der Waals surface area contributed by atoms with Gasteiger partial charge in [0.15, 0.2) is 11.6 Å². The SMILES string of the molecule is Cc1c(C)c(C)c(-c2nnc(-c3c(C)c(C)c(C)c(C)c3C)n2C)c(C)c1C. The number of nitrogens with zero attached hydrogens (tertiary/aromatic N) is 3. The lowest BCUT2D eigenvalue weighted by molar-refractivity contribution is 0.920. The average molecular weight is 376 g/mol. The molecule has 3 nitrogen and oxygen atoms in total. The fourth-order valence-electron chi connectivity index (χ4n) is 4.44. The molecule has 28 heavy (non-hydrogen) atoms. The summed E-state index contributed by atoms with van der Waals surface area (Å²) in [6.45, 7) is 22.1. The quantitative estimate of drug-likeness (QED) is 0.531. The van der Waals surface area contributed by atoms with Gasteiger partial charge in [0.1, 0.15) is 0 Å². The zero-order valence-corrected chi connectivity index (χ0v) is 19.3. The Bertz CT molecular complexity index is 969. The second-order valence-electron chi connectivity index (χ2n) is 8.41. The highest BCUT2D eigenvalue weighted by molar-refractivity contribution is 5.75. The number of aromatic nitrogens is 3. The van der Waals surface area contributed by atoms with E-state index in [2.05, 4.69) is 91.0 Å². The van der Waals surface area contributed by atoms with Crippen molar-refractivity contribution in [3.8, 4) is 22.8 Å². The van der Waals surface area contributed by atoms with Gasteiger partial charge < -0.3 is 4.57 Å². The summed E-state index contributed by atoms with van der Waals surface area (Å²) >= 11 is 0. The number of benzene rings is 2. The molecule has 1 heterocycles. The molecule has 0 spiro atoms. The van der Waals surface area contributed by atoms with Crippen molar-refractivity contribution in [3.05, 3.63) is 55.6 Å². The highest BCUT2D eigenvalue weighted by Gasteiger charge is 2.23. The molecule has 0 aliphatic heterocycles. The molecule has 0 atom stereocenters. The smallest absolute Gasteiger partial charge is 0.164 e. The lowest BCUT2D eigenvalue weighted by Crippen LogP contribution is -2.06. The van der Waals surface area contributed by atoms with E-state index in [4.69, 9.17) is 0 Å². The zero-order chi connectivity index (χ0) is 21.1. The van der Waals surface area contributed by atoms with E-state index in [0.717, 1.165) is 11.6 Å². The average Bonchev–Trinajstić information content (AvgIpc) is 3.03. The lowest BCUT2D eigenvalue weighted by atomic mass is 9.88. The van der Waals surface area contributed by atoms with Gasteiger partial charge in [-0.3, -0.25) is 0 Å². The molecule has 2 aromatic carbocycles. The third-order valence-electron chi connectivity index (χ3n) is 7.32. The molecule has 0 aliphatic rings. The molecule has 0 amide bonds. The first-order valence-corrected chi connectivity index (χ1v) is 10.0. The molecule has 0 unspecified atom stereocenters. The number of hydrogen-bond acceptors (Lipinski definition) is 2. The molecule has 0 radical (unpaired) electrons. The molecule has 0 saturated heterocycles. The van der Waals surface area contributed by atoms with Crippen LogP contribution >= 0.6 is 0 Å². The largest absolute Gasteiger partial charge is 0.310 e. The van der Waals surface area contributed by atoms with Crippen LogP contribution in [0, 0.1) is 69.2 Å².